The molecule has 2 aromatic rings. The molecule has 0 bridgehead atoms. The van der Waals surface area contributed by atoms with Crippen molar-refractivity contribution < 1.29 is 9.15 Å². The fraction of sp³-hybridized carbons (Fsp3) is 0.385. The number of nitrogens with zero attached hydrogens (tertiary/aromatic N) is 2. The van der Waals surface area contributed by atoms with Crippen molar-refractivity contribution in [3.05, 3.63) is 35.7 Å². The number of hydrogen-bond donors (Lipinski definition) is 0. The van der Waals surface area contributed by atoms with Crippen molar-refractivity contribution in [2.75, 3.05) is 6.61 Å². The summed E-state index contributed by atoms with van der Waals surface area (Å²) >= 11 is 0. The lowest BCUT2D eigenvalue weighted by molar-refractivity contribution is 0.0896. The fourth-order valence-corrected chi connectivity index (χ4v) is 2.06. The second kappa shape index (κ2) is 4.30. The normalized spacial score (nSPS) is 19.7. The minimum atomic E-state index is -0.0136. The highest BCUT2D eigenvalue weighted by Crippen LogP contribution is 2.30. The molecular weight excluding hydrogens is 216 g/mol. The van der Waals surface area contributed by atoms with Crippen LogP contribution in [0.15, 0.2) is 28.7 Å². The lowest BCUT2D eigenvalue weighted by atomic mass is 10.1. The van der Waals surface area contributed by atoms with Gasteiger partial charge in [0, 0.05) is 12.2 Å². The Labute approximate surface area is 99.6 Å². The van der Waals surface area contributed by atoms with Crippen LogP contribution in [0.1, 0.15) is 30.4 Å². The third-order valence-corrected chi connectivity index (χ3v) is 3.02. The molecule has 0 amide bonds. The summed E-state index contributed by atoms with van der Waals surface area (Å²) in [7, 11) is 0. The molecule has 4 heteroatoms. The Kier molecular flexibility index (Phi) is 2.65. The van der Waals surface area contributed by atoms with Crippen LogP contribution in [0.5, 0.6) is 0 Å². The largest absolute Gasteiger partial charge is 0.418 e. The second-order valence-electron chi connectivity index (χ2n) is 4.26. The Balaban J connectivity index is 1.92. The van der Waals surface area contributed by atoms with Crippen LogP contribution in [-0.4, -0.2) is 16.8 Å². The van der Waals surface area contributed by atoms with Crippen LogP contribution >= 0.6 is 0 Å². The van der Waals surface area contributed by atoms with Crippen LogP contribution in [0.4, 0.5) is 0 Å². The minimum Gasteiger partial charge on any atom is -0.418 e. The number of benzene rings is 1. The Morgan fingerprint density at radius 2 is 2.12 bits per heavy atom. The van der Waals surface area contributed by atoms with E-state index in [1.165, 1.54) is 0 Å². The molecule has 0 spiro atoms. The molecule has 4 nitrogen and oxygen atoms in total. The first-order valence-corrected chi connectivity index (χ1v) is 5.85. The zero-order valence-corrected chi connectivity index (χ0v) is 9.72. The van der Waals surface area contributed by atoms with Crippen molar-refractivity contribution in [2.24, 2.45) is 0 Å². The monoisotopic (exact) mass is 230 g/mol. The van der Waals surface area contributed by atoms with E-state index in [1.807, 2.05) is 31.2 Å². The number of rotatable bonds is 2. The van der Waals surface area contributed by atoms with E-state index < -0.39 is 0 Å². The third kappa shape index (κ3) is 1.96. The average molecular weight is 230 g/mol. The van der Waals surface area contributed by atoms with Gasteiger partial charge in [0.15, 0.2) is 0 Å². The molecule has 0 N–H and O–H groups in total. The predicted molar refractivity (Wildman–Crippen MR) is 62.4 cm³/mol. The summed E-state index contributed by atoms with van der Waals surface area (Å²) in [4.78, 5) is 0. The molecule has 1 aliphatic rings. The van der Waals surface area contributed by atoms with Gasteiger partial charge in [0.2, 0.25) is 11.8 Å². The van der Waals surface area contributed by atoms with Crippen LogP contribution in [0.25, 0.3) is 11.5 Å². The summed E-state index contributed by atoms with van der Waals surface area (Å²) in [6, 6.07) is 7.99. The predicted octanol–water partition coefficient (Wildman–Crippen LogP) is 2.90. The van der Waals surface area contributed by atoms with E-state index in [4.69, 9.17) is 9.15 Å². The average Bonchev–Trinajstić information content (AvgIpc) is 3.00. The molecule has 1 atom stereocenters. The number of aromatic nitrogens is 2. The van der Waals surface area contributed by atoms with E-state index in [0.717, 1.165) is 30.6 Å². The van der Waals surface area contributed by atoms with Gasteiger partial charge in [0.25, 0.3) is 0 Å². The second-order valence-corrected chi connectivity index (χ2v) is 4.26. The van der Waals surface area contributed by atoms with E-state index in [0.29, 0.717) is 11.8 Å². The fourth-order valence-electron chi connectivity index (χ4n) is 2.06. The molecule has 3 rings (SSSR count). The number of hydrogen-bond acceptors (Lipinski definition) is 4. The van der Waals surface area contributed by atoms with E-state index in [-0.39, 0.29) is 6.10 Å². The highest BCUT2D eigenvalue weighted by atomic mass is 16.5. The first-order chi connectivity index (χ1) is 8.34. The molecule has 0 radical (unpaired) electrons. The number of aryl methyl sites for hydroxylation is 1. The molecule has 0 saturated carbocycles. The van der Waals surface area contributed by atoms with Crippen LogP contribution in [0.2, 0.25) is 0 Å². The van der Waals surface area contributed by atoms with E-state index in [1.54, 1.807) is 0 Å². The Bertz CT molecular complexity index is 516. The van der Waals surface area contributed by atoms with Crippen molar-refractivity contribution in [1.29, 1.82) is 0 Å². The van der Waals surface area contributed by atoms with Gasteiger partial charge in [-0.3, -0.25) is 0 Å². The van der Waals surface area contributed by atoms with E-state index >= 15 is 0 Å². The molecular formula is C13H14N2O2. The van der Waals surface area contributed by atoms with Gasteiger partial charge in [-0.15, -0.1) is 10.2 Å². The van der Waals surface area contributed by atoms with Gasteiger partial charge in [0.1, 0.15) is 6.10 Å². The van der Waals surface area contributed by atoms with Crippen molar-refractivity contribution in [2.45, 2.75) is 25.9 Å². The van der Waals surface area contributed by atoms with E-state index in [9.17, 15) is 0 Å². The summed E-state index contributed by atoms with van der Waals surface area (Å²) < 4.78 is 11.2. The lowest BCUT2D eigenvalue weighted by Gasteiger charge is -2.02. The quantitative estimate of drug-likeness (QED) is 0.795. The maximum absolute atomic E-state index is 5.69. The summed E-state index contributed by atoms with van der Waals surface area (Å²) in [5.41, 5.74) is 2.12. The molecule has 0 aliphatic carbocycles. The van der Waals surface area contributed by atoms with Crippen LogP contribution in [0.3, 0.4) is 0 Å². The third-order valence-electron chi connectivity index (χ3n) is 3.02. The number of ether oxygens (including phenoxy) is 1. The SMILES string of the molecule is Cc1ccccc1-c1nnc(C2CCCO2)o1. The minimum absolute atomic E-state index is 0.0136. The highest BCUT2D eigenvalue weighted by Gasteiger charge is 2.24. The first kappa shape index (κ1) is 10.5. The molecule has 2 heterocycles. The van der Waals surface area contributed by atoms with Gasteiger partial charge in [-0.1, -0.05) is 18.2 Å². The zero-order chi connectivity index (χ0) is 11.7. The molecule has 17 heavy (non-hydrogen) atoms. The Hall–Kier alpha value is -1.68. The zero-order valence-electron chi connectivity index (χ0n) is 9.72. The molecule has 1 fully saturated rings. The topological polar surface area (TPSA) is 48.2 Å². The van der Waals surface area contributed by atoms with Crippen molar-refractivity contribution in [1.82, 2.24) is 10.2 Å². The van der Waals surface area contributed by atoms with Gasteiger partial charge in [0.05, 0.1) is 0 Å². The molecule has 1 aliphatic heterocycles. The smallest absolute Gasteiger partial charge is 0.248 e. The van der Waals surface area contributed by atoms with Gasteiger partial charge in [-0.05, 0) is 31.4 Å². The van der Waals surface area contributed by atoms with Crippen LogP contribution in [-0.2, 0) is 4.74 Å². The molecule has 1 saturated heterocycles. The van der Waals surface area contributed by atoms with E-state index in [2.05, 4.69) is 10.2 Å². The maximum Gasteiger partial charge on any atom is 0.248 e. The maximum atomic E-state index is 5.69. The van der Waals surface area contributed by atoms with Crippen LogP contribution < -0.4 is 0 Å². The summed E-state index contributed by atoms with van der Waals surface area (Å²) in [6.45, 7) is 2.82. The summed E-state index contributed by atoms with van der Waals surface area (Å²) in [6.07, 6.45) is 2.02. The van der Waals surface area contributed by atoms with Crippen LogP contribution in [0, 0.1) is 6.92 Å². The molecule has 1 aromatic heterocycles. The van der Waals surface area contributed by atoms with Crippen molar-refractivity contribution in [3.63, 3.8) is 0 Å². The Morgan fingerprint density at radius 3 is 2.88 bits per heavy atom. The van der Waals surface area contributed by atoms with Gasteiger partial charge in [-0.2, -0.15) is 0 Å². The van der Waals surface area contributed by atoms with Gasteiger partial charge in [-0.25, -0.2) is 0 Å². The Morgan fingerprint density at radius 1 is 1.24 bits per heavy atom. The molecule has 1 aromatic carbocycles. The van der Waals surface area contributed by atoms with Crippen molar-refractivity contribution >= 4 is 0 Å². The van der Waals surface area contributed by atoms with Crippen molar-refractivity contribution in [3.8, 4) is 11.5 Å². The lowest BCUT2D eigenvalue weighted by Crippen LogP contribution is -1.95. The highest BCUT2D eigenvalue weighted by molar-refractivity contribution is 5.57. The summed E-state index contributed by atoms with van der Waals surface area (Å²) in [5, 5.41) is 8.17. The standard InChI is InChI=1S/C13H14N2O2/c1-9-5-2-3-6-10(9)12-14-15-13(17-12)11-7-4-8-16-11/h2-3,5-6,11H,4,7-8H2,1H3. The first-order valence-electron chi connectivity index (χ1n) is 5.85. The molecule has 1 unspecified atom stereocenters. The van der Waals surface area contributed by atoms with Gasteiger partial charge >= 0.3 is 0 Å². The summed E-state index contributed by atoms with van der Waals surface area (Å²) in [5.74, 6) is 1.18. The molecule has 88 valence electrons. The van der Waals surface area contributed by atoms with Gasteiger partial charge < -0.3 is 9.15 Å².